The van der Waals surface area contributed by atoms with Crippen LogP contribution in [0.4, 0.5) is 0 Å². The van der Waals surface area contributed by atoms with Gasteiger partial charge in [-0.15, -0.1) is 0 Å². The quantitative estimate of drug-likeness (QED) is 0.305. The van der Waals surface area contributed by atoms with Crippen molar-refractivity contribution in [3.8, 4) is 11.5 Å². The number of hydrogen-bond donors (Lipinski definition) is 1. The molecule has 3 rings (SSSR count). The van der Waals surface area contributed by atoms with E-state index in [1.165, 1.54) is 7.11 Å². The van der Waals surface area contributed by atoms with Crippen molar-refractivity contribution in [2.45, 2.75) is 13.3 Å². The summed E-state index contributed by atoms with van der Waals surface area (Å²) in [5, 5.41) is 11.2. The molecule has 8 heteroatoms. The molecular weight excluding hydrogens is 364 g/mol. The Morgan fingerprint density at radius 3 is 2.74 bits per heavy atom. The first kappa shape index (κ1) is 18.5. The number of rotatable bonds is 6. The van der Waals surface area contributed by atoms with E-state index < -0.39 is 5.97 Å². The largest absolute Gasteiger partial charge is 0.493 e. The predicted molar refractivity (Wildman–Crippen MR) is 104 cm³/mol. The minimum absolute atomic E-state index is 0.331. The third-order valence-corrected chi connectivity index (χ3v) is 4.02. The second kappa shape index (κ2) is 8.41. The van der Waals surface area contributed by atoms with Gasteiger partial charge in [-0.05, 0) is 48.1 Å². The van der Waals surface area contributed by atoms with Crippen LogP contribution < -0.4 is 9.47 Å². The summed E-state index contributed by atoms with van der Waals surface area (Å²) >= 11 is 5.17. The van der Waals surface area contributed by atoms with Gasteiger partial charge in [0.2, 0.25) is 4.77 Å². The highest BCUT2D eigenvalue weighted by atomic mass is 32.1. The zero-order valence-electron chi connectivity index (χ0n) is 14.9. The van der Waals surface area contributed by atoms with Crippen molar-refractivity contribution in [3.63, 3.8) is 0 Å². The molecule has 7 nitrogen and oxygen atoms in total. The van der Waals surface area contributed by atoms with Gasteiger partial charge in [-0.1, -0.05) is 25.1 Å². The molecule has 0 radical (unpaired) electrons. The van der Waals surface area contributed by atoms with Crippen molar-refractivity contribution in [1.29, 1.82) is 0 Å². The number of hydrogen-bond acceptors (Lipinski definition) is 6. The number of carbonyl (C=O) groups is 1. The Morgan fingerprint density at radius 2 is 2.04 bits per heavy atom. The van der Waals surface area contributed by atoms with Gasteiger partial charge in [0.15, 0.2) is 17.3 Å². The number of benzene rings is 2. The van der Waals surface area contributed by atoms with Gasteiger partial charge in [0, 0.05) is 6.42 Å². The van der Waals surface area contributed by atoms with Gasteiger partial charge < -0.3 is 9.47 Å². The Bertz CT molecular complexity index is 1020. The van der Waals surface area contributed by atoms with Gasteiger partial charge in [0.25, 0.3) is 0 Å². The molecule has 0 spiro atoms. The lowest BCUT2D eigenvalue weighted by molar-refractivity contribution is 0.0729. The number of aryl methyl sites for hydroxylation is 1. The summed E-state index contributed by atoms with van der Waals surface area (Å²) in [7, 11) is 1.51. The molecule has 0 aliphatic carbocycles. The summed E-state index contributed by atoms with van der Waals surface area (Å²) in [6, 6.07) is 13.9. The number of aromatic nitrogens is 3. The number of aromatic amines is 1. The molecule has 27 heavy (non-hydrogen) atoms. The molecule has 1 heterocycles. The van der Waals surface area contributed by atoms with Crippen molar-refractivity contribution in [2.24, 2.45) is 5.10 Å². The van der Waals surface area contributed by atoms with E-state index in [0.717, 1.165) is 11.4 Å². The molecule has 2 aromatic carbocycles. The maximum atomic E-state index is 12.2. The summed E-state index contributed by atoms with van der Waals surface area (Å²) in [5.41, 5.74) is 1.23. The number of carbonyl (C=O) groups excluding carboxylic acids is 1. The Kier molecular flexibility index (Phi) is 5.77. The highest BCUT2D eigenvalue weighted by Gasteiger charge is 2.12. The fourth-order valence-electron chi connectivity index (χ4n) is 2.38. The number of nitrogens with one attached hydrogen (secondary N) is 1. The number of methoxy groups -OCH3 is 1. The Labute approximate surface area is 161 Å². The fraction of sp³-hybridized carbons (Fsp3) is 0.158. The maximum absolute atomic E-state index is 12.2. The Morgan fingerprint density at radius 1 is 1.26 bits per heavy atom. The van der Waals surface area contributed by atoms with Crippen LogP contribution in [-0.4, -0.2) is 34.2 Å². The normalized spacial score (nSPS) is 10.9. The molecule has 138 valence electrons. The first-order chi connectivity index (χ1) is 13.1. The number of esters is 1. The van der Waals surface area contributed by atoms with E-state index in [4.69, 9.17) is 21.7 Å². The van der Waals surface area contributed by atoms with Crippen LogP contribution >= 0.6 is 12.2 Å². The lowest BCUT2D eigenvalue weighted by Gasteiger charge is -2.10. The monoisotopic (exact) mass is 382 g/mol. The summed E-state index contributed by atoms with van der Waals surface area (Å²) in [4.78, 5) is 12.2. The second-order valence-electron chi connectivity index (χ2n) is 5.52. The van der Waals surface area contributed by atoms with E-state index >= 15 is 0 Å². The first-order valence-corrected chi connectivity index (χ1v) is 8.69. The molecule has 1 aromatic heterocycles. The molecule has 0 amide bonds. The van der Waals surface area contributed by atoms with Gasteiger partial charge >= 0.3 is 5.97 Å². The van der Waals surface area contributed by atoms with Gasteiger partial charge in [-0.25, -0.2) is 4.79 Å². The van der Waals surface area contributed by atoms with Gasteiger partial charge in [-0.3, -0.25) is 5.10 Å². The maximum Gasteiger partial charge on any atom is 0.343 e. The van der Waals surface area contributed by atoms with Gasteiger partial charge in [0.1, 0.15) is 0 Å². The van der Waals surface area contributed by atoms with E-state index in [9.17, 15) is 4.79 Å². The van der Waals surface area contributed by atoms with Crippen LogP contribution in [0.15, 0.2) is 53.6 Å². The Hall–Kier alpha value is -3.26. The van der Waals surface area contributed by atoms with Crippen molar-refractivity contribution in [1.82, 2.24) is 14.9 Å². The van der Waals surface area contributed by atoms with Gasteiger partial charge in [0.05, 0.1) is 18.9 Å². The lowest BCUT2D eigenvalue weighted by atomic mass is 10.2. The van der Waals surface area contributed by atoms with Crippen molar-refractivity contribution in [3.05, 3.63) is 70.3 Å². The topological polar surface area (TPSA) is 81.5 Å². The number of nitrogens with zero attached hydrogens (tertiary/aromatic N) is 3. The average molecular weight is 382 g/mol. The van der Waals surface area contributed by atoms with Crippen molar-refractivity contribution < 1.29 is 14.3 Å². The molecule has 0 aliphatic heterocycles. The third kappa shape index (κ3) is 4.29. The van der Waals surface area contributed by atoms with E-state index in [1.54, 1.807) is 53.4 Å². The van der Waals surface area contributed by atoms with E-state index in [1.807, 2.05) is 13.0 Å². The molecular formula is C19H18N4O3S. The molecule has 0 fully saturated rings. The molecule has 0 saturated carbocycles. The average Bonchev–Trinajstić information content (AvgIpc) is 3.07. The van der Waals surface area contributed by atoms with Crippen LogP contribution in [-0.2, 0) is 6.42 Å². The third-order valence-electron chi connectivity index (χ3n) is 3.76. The summed E-state index contributed by atoms with van der Waals surface area (Å²) in [6.07, 6.45) is 2.33. The molecule has 0 aliphatic rings. The first-order valence-electron chi connectivity index (χ1n) is 8.28. The predicted octanol–water partition coefficient (Wildman–Crippen LogP) is 3.61. The van der Waals surface area contributed by atoms with Crippen LogP contribution in [0.25, 0.3) is 0 Å². The molecule has 0 saturated heterocycles. The Balaban J connectivity index is 1.82. The highest BCUT2D eigenvalue weighted by Crippen LogP contribution is 2.28. The molecule has 0 atom stereocenters. The van der Waals surface area contributed by atoms with Crippen LogP contribution in [0.2, 0.25) is 0 Å². The van der Waals surface area contributed by atoms with E-state index in [-0.39, 0.29) is 0 Å². The zero-order valence-corrected chi connectivity index (χ0v) is 15.7. The van der Waals surface area contributed by atoms with E-state index in [2.05, 4.69) is 15.3 Å². The highest BCUT2D eigenvalue weighted by molar-refractivity contribution is 7.71. The molecule has 3 aromatic rings. The summed E-state index contributed by atoms with van der Waals surface area (Å²) < 4.78 is 12.8. The van der Waals surface area contributed by atoms with Crippen LogP contribution in [0.3, 0.4) is 0 Å². The zero-order chi connectivity index (χ0) is 19.2. The van der Waals surface area contributed by atoms with Crippen molar-refractivity contribution in [2.75, 3.05) is 7.11 Å². The van der Waals surface area contributed by atoms with Crippen LogP contribution in [0, 0.1) is 4.77 Å². The fourth-order valence-corrected chi connectivity index (χ4v) is 2.58. The summed E-state index contributed by atoms with van der Waals surface area (Å²) in [5.74, 6) is 1.04. The minimum atomic E-state index is -0.451. The molecule has 0 unspecified atom stereocenters. The lowest BCUT2D eigenvalue weighted by Crippen LogP contribution is -2.09. The standard InChI is InChI=1S/C19H18N4O3S/c1-3-17-21-22-19(27)23(17)20-12-13-9-10-15(16(11-13)25-2)26-18(24)14-7-5-4-6-8-14/h4-12H,3H2,1-2H3,(H,22,27)/b20-12+. The molecule has 0 bridgehead atoms. The minimum Gasteiger partial charge on any atom is -0.493 e. The smallest absolute Gasteiger partial charge is 0.343 e. The number of H-pyrrole nitrogens is 1. The molecule has 1 N–H and O–H groups in total. The van der Waals surface area contributed by atoms with Gasteiger partial charge in [-0.2, -0.15) is 14.9 Å². The van der Waals surface area contributed by atoms with E-state index in [0.29, 0.717) is 28.3 Å². The SMILES string of the molecule is CCc1n[nH]c(=S)n1/N=C/c1ccc(OC(=O)c2ccccc2)c(OC)c1. The number of ether oxygens (including phenoxy) is 2. The van der Waals surface area contributed by atoms with Crippen LogP contribution in [0.5, 0.6) is 11.5 Å². The summed E-state index contributed by atoms with van der Waals surface area (Å²) in [6.45, 7) is 1.97. The second-order valence-corrected chi connectivity index (χ2v) is 5.91. The van der Waals surface area contributed by atoms with Crippen molar-refractivity contribution >= 4 is 24.4 Å². The van der Waals surface area contributed by atoms with Crippen LogP contribution in [0.1, 0.15) is 28.7 Å².